The summed E-state index contributed by atoms with van der Waals surface area (Å²) in [5, 5.41) is 22.1. The van der Waals surface area contributed by atoms with E-state index in [4.69, 9.17) is 22.7 Å². The summed E-state index contributed by atoms with van der Waals surface area (Å²) in [7, 11) is 1.81. The minimum Gasteiger partial charge on any atom is -0.403 e. The molecule has 0 saturated heterocycles. The number of allylic oxidation sites excluding steroid dienone is 1. The zero-order valence-electron chi connectivity index (χ0n) is 16.4. The largest absolute Gasteiger partial charge is 0.403 e. The number of nitrogens with two attached hydrogens (primary N) is 1. The first-order chi connectivity index (χ1) is 15.0. The van der Waals surface area contributed by atoms with E-state index in [9.17, 15) is 4.79 Å². The van der Waals surface area contributed by atoms with Gasteiger partial charge in [0.1, 0.15) is 10.5 Å². The summed E-state index contributed by atoms with van der Waals surface area (Å²) in [5.41, 5.74) is 8.50. The van der Waals surface area contributed by atoms with Gasteiger partial charge in [0.15, 0.2) is 5.65 Å². The van der Waals surface area contributed by atoms with Crippen molar-refractivity contribution in [2.75, 3.05) is 0 Å². The maximum atomic E-state index is 13.2. The van der Waals surface area contributed by atoms with Crippen molar-refractivity contribution in [1.82, 2.24) is 29.5 Å². The highest BCUT2D eigenvalue weighted by Gasteiger charge is 2.19. The molecule has 0 amide bonds. The third-order valence-electron chi connectivity index (χ3n) is 5.23. The van der Waals surface area contributed by atoms with Crippen LogP contribution in [-0.4, -0.2) is 35.2 Å². The highest BCUT2D eigenvalue weighted by molar-refractivity contribution is 7.19. The third-order valence-corrected chi connectivity index (χ3v) is 6.66. The summed E-state index contributed by atoms with van der Waals surface area (Å²) in [6.07, 6.45) is 4.92. The van der Waals surface area contributed by atoms with Crippen LogP contribution in [0.5, 0.6) is 0 Å². The fourth-order valence-corrected chi connectivity index (χ4v) is 4.87. The molecule has 9 nitrogen and oxygen atoms in total. The Morgan fingerprint density at radius 3 is 3.00 bits per heavy atom. The molecule has 0 saturated carbocycles. The maximum absolute atomic E-state index is 13.2. The molecule has 4 N–H and O–H groups in total. The van der Waals surface area contributed by atoms with Gasteiger partial charge < -0.3 is 15.7 Å². The number of rotatable bonds is 5. The molecule has 0 aliphatic rings. The van der Waals surface area contributed by atoms with Crippen LogP contribution in [0.1, 0.15) is 10.6 Å². The monoisotopic (exact) mass is 452 g/mol. The number of hydrogen-bond acceptors (Lipinski definition) is 7. The van der Waals surface area contributed by atoms with E-state index in [1.165, 1.54) is 22.2 Å². The Hall–Kier alpha value is -3.50. The molecule has 0 fully saturated rings. The second-order valence-electron chi connectivity index (χ2n) is 7.11. The van der Waals surface area contributed by atoms with E-state index in [-0.39, 0.29) is 22.7 Å². The Morgan fingerprint density at radius 2 is 2.19 bits per heavy atom. The van der Waals surface area contributed by atoms with Gasteiger partial charge in [0.25, 0.3) is 5.56 Å². The van der Waals surface area contributed by atoms with Gasteiger partial charge in [0.05, 0.1) is 39.9 Å². The van der Waals surface area contributed by atoms with Gasteiger partial charge >= 0.3 is 0 Å². The summed E-state index contributed by atoms with van der Waals surface area (Å²) in [4.78, 5) is 17.9. The summed E-state index contributed by atoms with van der Waals surface area (Å²) in [6.45, 7) is 0.338. The minimum absolute atomic E-state index is 0.186. The van der Waals surface area contributed by atoms with Crippen LogP contribution in [0.2, 0.25) is 0 Å². The molecule has 5 aromatic rings. The Kier molecular flexibility index (Phi) is 4.60. The molecule has 4 aromatic heterocycles. The van der Waals surface area contributed by atoms with Gasteiger partial charge in [0.2, 0.25) is 0 Å². The molecule has 11 heteroatoms. The summed E-state index contributed by atoms with van der Waals surface area (Å²) >= 11 is 7.35. The van der Waals surface area contributed by atoms with Crippen molar-refractivity contribution < 1.29 is 0 Å². The second-order valence-corrected chi connectivity index (χ2v) is 8.60. The molecular formula is C20H17ClN8OS. The van der Waals surface area contributed by atoms with Crippen LogP contribution in [0.25, 0.3) is 32.2 Å². The quantitative estimate of drug-likeness (QED) is 0.353. The fraction of sp³-hybridized carbons (Fsp3) is 0.150. The maximum Gasteiger partial charge on any atom is 0.291 e. The van der Waals surface area contributed by atoms with E-state index in [0.29, 0.717) is 17.7 Å². The number of halogens is 1. The molecule has 156 valence electrons. The SMILES string of the molecule is Cn1c2nc(CC(=N)/C(Cl)=C\N)sc2c2cnn(Cc3cccc4[nH]ncc34)c(=O)c21. The molecule has 0 aliphatic carbocycles. The van der Waals surface area contributed by atoms with Crippen molar-refractivity contribution in [2.45, 2.75) is 13.0 Å². The van der Waals surface area contributed by atoms with E-state index in [1.54, 1.807) is 17.0 Å². The third kappa shape index (κ3) is 3.11. The molecule has 0 aliphatic heterocycles. The molecule has 0 atom stereocenters. The number of hydrogen-bond donors (Lipinski definition) is 3. The zero-order valence-corrected chi connectivity index (χ0v) is 18.0. The standard InChI is InChI=1S/C20H17ClN8OS/c1-28-17-12(18-19(28)26-16(31-18)5-14(23)13(21)6-22)8-25-29(20(17)30)9-10-3-2-4-15-11(10)7-24-27-15/h2-4,6-8,23H,5,9,22H2,1H3,(H,24,27)/b13-6+,23-14?. The number of aryl methyl sites for hydroxylation is 1. The Morgan fingerprint density at radius 1 is 1.35 bits per heavy atom. The van der Waals surface area contributed by atoms with Crippen LogP contribution in [0.15, 0.2) is 46.6 Å². The van der Waals surface area contributed by atoms with Crippen molar-refractivity contribution in [1.29, 1.82) is 5.41 Å². The molecule has 0 radical (unpaired) electrons. The van der Waals surface area contributed by atoms with E-state index in [0.717, 1.165) is 31.6 Å². The van der Waals surface area contributed by atoms with E-state index in [1.807, 2.05) is 25.2 Å². The van der Waals surface area contributed by atoms with Gasteiger partial charge in [0, 0.05) is 30.4 Å². The van der Waals surface area contributed by atoms with Crippen LogP contribution < -0.4 is 11.3 Å². The summed E-state index contributed by atoms with van der Waals surface area (Å²) in [5.74, 6) is 0. The van der Waals surface area contributed by atoms with Crippen LogP contribution >= 0.6 is 22.9 Å². The van der Waals surface area contributed by atoms with Crippen LogP contribution in [0.3, 0.4) is 0 Å². The van der Waals surface area contributed by atoms with E-state index in [2.05, 4.69) is 20.3 Å². The Balaban J connectivity index is 1.57. The van der Waals surface area contributed by atoms with Gasteiger partial charge in [-0.2, -0.15) is 10.2 Å². The molecule has 4 heterocycles. The number of benzene rings is 1. The average Bonchev–Trinajstić information content (AvgIpc) is 3.46. The topological polar surface area (TPSA) is 131 Å². The van der Waals surface area contributed by atoms with Crippen LogP contribution in [-0.2, 0) is 20.0 Å². The van der Waals surface area contributed by atoms with Crippen molar-refractivity contribution in [3.8, 4) is 0 Å². The second kappa shape index (κ2) is 7.33. The Labute approximate surface area is 184 Å². The highest BCUT2D eigenvalue weighted by atomic mass is 35.5. The fourth-order valence-electron chi connectivity index (χ4n) is 3.69. The van der Waals surface area contributed by atoms with E-state index >= 15 is 0 Å². The predicted molar refractivity (Wildman–Crippen MR) is 123 cm³/mol. The lowest BCUT2D eigenvalue weighted by molar-refractivity contribution is 0.647. The molecule has 31 heavy (non-hydrogen) atoms. The van der Waals surface area contributed by atoms with Gasteiger partial charge in [-0.15, -0.1) is 11.3 Å². The molecule has 0 spiro atoms. The number of aromatic amines is 1. The summed E-state index contributed by atoms with van der Waals surface area (Å²) in [6, 6.07) is 5.83. The number of thiazole rings is 1. The minimum atomic E-state index is -0.186. The molecule has 0 unspecified atom stereocenters. The predicted octanol–water partition coefficient (Wildman–Crippen LogP) is 2.87. The highest BCUT2D eigenvalue weighted by Crippen LogP contribution is 2.31. The van der Waals surface area contributed by atoms with Crippen molar-refractivity contribution in [2.24, 2.45) is 12.8 Å². The molecule has 1 aromatic carbocycles. The molecule has 0 bridgehead atoms. The van der Waals surface area contributed by atoms with Crippen LogP contribution in [0, 0.1) is 5.41 Å². The first kappa shape index (κ1) is 19.5. The number of fused-ring (bicyclic) bond motifs is 4. The van der Waals surface area contributed by atoms with Gasteiger partial charge in [-0.25, -0.2) is 9.67 Å². The first-order valence-corrected chi connectivity index (χ1v) is 10.6. The van der Waals surface area contributed by atoms with Crippen molar-refractivity contribution >= 4 is 60.8 Å². The van der Waals surface area contributed by atoms with Crippen LogP contribution in [0.4, 0.5) is 0 Å². The number of nitrogens with one attached hydrogen (secondary N) is 2. The van der Waals surface area contributed by atoms with E-state index < -0.39 is 0 Å². The smallest absolute Gasteiger partial charge is 0.291 e. The van der Waals surface area contributed by atoms with Gasteiger partial charge in [-0.05, 0) is 11.6 Å². The van der Waals surface area contributed by atoms with Gasteiger partial charge in [-0.1, -0.05) is 23.7 Å². The molecular weight excluding hydrogens is 436 g/mol. The zero-order chi connectivity index (χ0) is 21.7. The van der Waals surface area contributed by atoms with Crippen molar-refractivity contribution in [3.63, 3.8) is 0 Å². The Bertz CT molecular complexity index is 1570. The number of aromatic nitrogens is 6. The summed E-state index contributed by atoms with van der Waals surface area (Å²) < 4.78 is 4.10. The first-order valence-electron chi connectivity index (χ1n) is 9.38. The average molecular weight is 453 g/mol. The van der Waals surface area contributed by atoms with Gasteiger partial charge in [-0.3, -0.25) is 9.89 Å². The van der Waals surface area contributed by atoms with Crippen molar-refractivity contribution in [3.05, 3.63) is 62.7 Å². The lowest BCUT2D eigenvalue weighted by Gasteiger charge is -2.07. The lowest BCUT2D eigenvalue weighted by Crippen LogP contribution is -2.24. The normalized spacial score (nSPS) is 12.4. The lowest BCUT2D eigenvalue weighted by atomic mass is 10.1. The number of nitrogens with zero attached hydrogens (tertiary/aromatic N) is 5. The molecule has 5 rings (SSSR count). The number of H-pyrrole nitrogens is 1.